The van der Waals surface area contributed by atoms with Crippen molar-refractivity contribution < 1.29 is 4.21 Å². The van der Waals surface area contributed by atoms with E-state index in [9.17, 15) is 4.21 Å². The van der Waals surface area contributed by atoms with Gasteiger partial charge < -0.3 is 5.32 Å². The molecule has 1 aromatic heterocycles. The molecule has 0 radical (unpaired) electrons. The molecule has 96 valence electrons. The predicted octanol–water partition coefficient (Wildman–Crippen LogP) is 2.09. The van der Waals surface area contributed by atoms with Crippen LogP contribution in [0.3, 0.4) is 0 Å². The van der Waals surface area contributed by atoms with E-state index >= 15 is 0 Å². The van der Waals surface area contributed by atoms with Crippen molar-refractivity contribution in [1.29, 1.82) is 0 Å². The van der Waals surface area contributed by atoms with Gasteiger partial charge in [0.1, 0.15) is 11.6 Å². The van der Waals surface area contributed by atoms with Crippen LogP contribution in [-0.2, 0) is 10.8 Å². The van der Waals surface area contributed by atoms with Gasteiger partial charge in [-0.1, -0.05) is 13.8 Å². The van der Waals surface area contributed by atoms with E-state index in [2.05, 4.69) is 29.1 Å². The number of rotatable bonds is 5. The second-order valence-electron chi connectivity index (χ2n) is 4.60. The Morgan fingerprint density at radius 2 is 2.00 bits per heavy atom. The Bertz CT molecular complexity index is 407. The molecule has 0 saturated carbocycles. The fourth-order valence-electron chi connectivity index (χ4n) is 1.31. The molecule has 4 nitrogen and oxygen atoms in total. The lowest BCUT2D eigenvalue weighted by molar-refractivity contribution is 0.678. The largest absolute Gasteiger partial charge is 0.369 e. The quantitative estimate of drug-likeness (QED) is 0.875. The molecule has 0 aromatic carbocycles. The molecule has 1 rings (SSSR count). The van der Waals surface area contributed by atoms with Gasteiger partial charge in [-0.2, -0.15) is 0 Å². The molecule has 0 aliphatic rings. The van der Waals surface area contributed by atoms with Gasteiger partial charge in [0.05, 0.1) is 0 Å². The number of hydrogen-bond donors (Lipinski definition) is 1. The molecule has 0 aliphatic carbocycles. The molecule has 0 bridgehead atoms. The first-order valence-corrected chi connectivity index (χ1v) is 7.44. The fourth-order valence-corrected chi connectivity index (χ4v) is 1.62. The fraction of sp³-hybridized carbons (Fsp3) is 0.667. The van der Waals surface area contributed by atoms with Crippen molar-refractivity contribution in [3.05, 3.63) is 17.6 Å². The van der Waals surface area contributed by atoms with Crippen LogP contribution in [0.4, 0.5) is 5.82 Å². The predicted molar refractivity (Wildman–Crippen MR) is 72.9 cm³/mol. The Morgan fingerprint density at radius 3 is 2.53 bits per heavy atom. The van der Waals surface area contributed by atoms with Gasteiger partial charge in [-0.05, 0) is 13.8 Å². The van der Waals surface area contributed by atoms with Crippen LogP contribution < -0.4 is 5.32 Å². The summed E-state index contributed by atoms with van der Waals surface area (Å²) in [7, 11) is -0.809. The average molecular weight is 255 g/mol. The second kappa shape index (κ2) is 6.10. The zero-order valence-electron chi connectivity index (χ0n) is 11.2. The van der Waals surface area contributed by atoms with Crippen molar-refractivity contribution in [2.75, 3.05) is 18.1 Å². The van der Waals surface area contributed by atoms with Crippen molar-refractivity contribution in [2.24, 2.45) is 0 Å². The van der Waals surface area contributed by atoms with E-state index in [0.29, 0.717) is 12.5 Å². The molecule has 0 amide bonds. The number of anilines is 1. The number of nitrogens with one attached hydrogen (secondary N) is 1. The van der Waals surface area contributed by atoms with Gasteiger partial charge in [-0.3, -0.25) is 4.21 Å². The third kappa shape index (κ3) is 4.42. The molecule has 1 aromatic rings. The average Bonchev–Trinajstić information content (AvgIpc) is 2.24. The minimum atomic E-state index is -0.809. The zero-order chi connectivity index (χ0) is 13.0. The third-order valence-electron chi connectivity index (χ3n) is 2.53. The maximum Gasteiger partial charge on any atom is 0.133 e. The lowest BCUT2D eigenvalue weighted by Gasteiger charge is -2.12. The first kappa shape index (κ1) is 14.1. The van der Waals surface area contributed by atoms with Crippen LogP contribution in [0.1, 0.15) is 38.2 Å². The van der Waals surface area contributed by atoms with E-state index < -0.39 is 10.8 Å². The first-order valence-electron chi connectivity index (χ1n) is 5.81. The number of nitrogens with zero attached hydrogens (tertiary/aromatic N) is 2. The van der Waals surface area contributed by atoms with Crippen LogP contribution in [0.15, 0.2) is 6.07 Å². The van der Waals surface area contributed by atoms with Crippen LogP contribution in [0.5, 0.6) is 0 Å². The molecule has 1 heterocycles. The Labute approximate surface area is 106 Å². The Morgan fingerprint density at radius 1 is 1.35 bits per heavy atom. The van der Waals surface area contributed by atoms with E-state index in [1.165, 1.54) is 0 Å². The molecule has 5 heteroatoms. The van der Waals surface area contributed by atoms with Gasteiger partial charge >= 0.3 is 0 Å². The third-order valence-corrected chi connectivity index (χ3v) is 3.83. The molecule has 2 unspecified atom stereocenters. The molecule has 0 aliphatic heterocycles. The highest BCUT2D eigenvalue weighted by atomic mass is 32.2. The van der Waals surface area contributed by atoms with Crippen molar-refractivity contribution >= 4 is 16.6 Å². The van der Waals surface area contributed by atoms with Gasteiger partial charge in [0.25, 0.3) is 0 Å². The number of aryl methyl sites for hydroxylation is 1. The summed E-state index contributed by atoms with van der Waals surface area (Å²) in [5, 5.41) is 3.34. The summed E-state index contributed by atoms with van der Waals surface area (Å²) in [5.74, 6) is 1.98. The van der Waals surface area contributed by atoms with Crippen LogP contribution >= 0.6 is 0 Å². The maximum absolute atomic E-state index is 11.2. The van der Waals surface area contributed by atoms with Crippen molar-refractivity contribution in [3.8, 4) is 0 Å². The summed E-state index contributed by atoms with van der Waals surface area (Å²) < 4.78 is 11.2. The first-order chi connectivity index (χ1) is 7.90. The summed E-state index contributed by atoms with van der Waals surface area (Å²) in [5.41, 5.74) is 0.955. The van der Waals surface area contributed by atoms with E-state index in [1.807, 2.05) is 19.9 Å². The summed E-state index contributed by atoms with van der Waals surface area (Å²) in [6.45, 7) is 8.72. The monoisotopic (exact) mass is 255 g/mol. The number of hydrogen-bond acceptors (Lipinski definition) is 4. The minimum Gasteiger partial charge on any atom is -0.369 e. The molecule has 17 heavy (non-hydrogen) atoms. The lowest BCUT2D eigenvalue weighted by atomic mass is 10.2. The zero-order valence-corrected chi connectivity index (χ0v) is 12.0. The van der Waals surface area contributed by atoms with Crippen LogP contribution in [0.2, 0.25) is 0 Å². The van der Waals surface area contributed by atoms with E-state index in [0.717, 1.165) is 17.3 Å². The molecule has 1 N–H and O–H groups in total. The number of aromatic nitrogens is 2. The van der Waals surface area contributed by atoms with Gasteiger partial charge in [-0.25, -0.2) is 9.97 Å². The molecule has 0 saturated heterocycles. The second-order valence-corrected chi connectivity index (χ2v) is 6.40. The molecule has 0 fully saturated rings. The van der Waals surface area contributed by atoms with E-state index in [1.54, 1.807) is 6.26 Å². The summed E-state index contributed by atoms with van der Waals surface area (Å²) in [6.07, 6.45) is 1.72. The topological polar surface area (TPSA) is 54.9 Å². The van der Waals surface area contributed by atoms with Gasteiger partial charge in [0.15, 0.2) is 0 Å². The molecule has 2 atom stereocenters. The highest BCUT2D eigenvalue weighted by molar-refractivity contribution is 7.84. The highest BCUT2D eigenvalue weighted by Crippen LogP contribution is 2.13. The highest BCUT2D eigenvalue weighted by Gasteiger charge is 2.09. The maximum atomic E-state index is 11.2. The van der Waals surface area contributed by atoms with Crippen molar-refractivity contribution in [2.45, 2.75) is 38.9 Å². The molecular formula is C12H21N3OS. The van der Waals surface area contributed by atoms with E-state index in [-0.39, 0.29) is 5.25 Å². The van der Waals surface area contributed by atoms with Crippen molar-refractivity contribution in [1.82, 2.24) is 9.97 Å². The minimum absolute atomic E-state index is 0.118. The normalized spacial score (nSPS) is 14.7. The van der Waals surface area contributed by atoms with Gasteiger partial charge in [-0.15, -0.1) is 0 Å². The van der Waals surface area contributed by atoms with Crippen LogP contribution in [0.25, 0.3) is 0 Å². The SMILES string of the molecule is Cc1cc(NCC(C)S(C)=O)nc(C(C)C)n1. The smallest absolute Gasteiger partial charge is 0.133 e. The Hall–Kier alpha value is -0.970. The Balaban J connectivity index is 2.74. The van der Waals surface area contributed by atoms with Crippen LogP contribution in [-0.4, -0.2) is 32.2 Å². The van der Waals surface area contributed by atoms with Crippen LogP contribution in [0, 0.1) is 6.92 Å². The Kier molecular flexibility index (Phi) is 5.05. The van der Waals surface area contributed by atoms with Gasteiger partial charge in [0.2, 0.25) is 0 Å². The van der Waals surface area contributed by atoms with Gasteiger partial charge in [0, 0.05) is 46.5 Å². The summed E-state index contributed by atoms with van der Waals surface area (Å²) >= 11 is 0. The lowest BCUT2D eigenvalue weighted by Crippen LogP contribution is -2.21. The molecular weight excluding hydrogens is 234 g/mol. The van der Waals surface area contributed by atoms with E-state index in [4.69, 9.17) is 0 Å². The summed E-state index contributed by atoms with van der Waals surface area (Å²) in [4.78, 5) is 8.83. The summed E-state index contributed by atoms with van der Waals surface area (Å²) in [6, 6.07) is 1.91. The van der Waals surface area contributed by atoms with Crippen molar-refractivity contribution in [3.63, 3.8) is 0 Å². The standard InChI is InChI=1S/C12H21N3OS/c1-8(2)12-14-9(3)6-11(15-12)13-7-10(4)17(5)16/h6,8,10H,7H2,1-5H3,(H,13,14,15). The molecule has 0 spiro atoms.